The third-order valence-electron chi connectivity index (χ3n) is 2.77. The van der Waals surface area contributed by atoms with Crippen molar-refractivity contribution in [2.24, 2.45) is 0 Å². The van der Waals surface area contributed by atoms with E-state index in [0.717, 1.165) is 12.8 Å². The lowest BCUT2D eigenvalue weighted by Crippen LogP contribution is -2.20. The van der Waals surface area contributed by atoms with Crippen LogP contribution >= 0.6 is 0 Å². The van der Waals surface area contributed by atoms with Gasteiger partial charge in [0, 0.05) is 12.1 Å². The molecule has 0 spiro atoms. The zero-order chi connectivity index (χ0) is 11.4. The summed E-state index contributed by atoms with van der Waals surface area (Å²) in [6.45, 7) is 0. The second-order valence-electron chi connectivity index (χ2n) is 3.99. The van der Waals surface area contributed by atoms with Gasteiger partial charge in [0.15, 0.2) is 0 Å². The van der Waals surface area contributed by atoms with E-state index in [2.05, 4.69) is 4.98 Å². The molecule has 86 valence electrons. The first-order chi connectivity index (χ1) is 7.75. The molecule has 0 saturated heterocycles. The molecule has 0 N–H and O–H groups in total. The van der Waals surface area contributed by atoms with Gasteiger partial charge in [0.1, 0.15) is 12.3 Å². The monoisotopic (exact) mass is 222 g/mol. The molecule has 1 aliphatic rings. The fourth-order valence-electron chi connectivity index (χ4n) is 1.90. The van der Waals surface area contributed by atoms with Crippen molar-refractivity contribution in [1.29, 1.82) is 0 Å². The SMILES string of the molecule is O=[N+]([O-])c1ccc(OC2CCCCC2)nc1. The van der Waals surface area contributed by atoms with Gasteiger partial charge in [-0.3, -0.25) is 10.1 Å². The molecule has 1 heterocycles. The quantitative estimate of drug-likeness (QED) is 0.582. The Labute approximate surface area is 93.6 Å². The van der Waals surface area contributed by atoms with Crippen molar-refractivity contribution in [3.63, 3.8) is 0 Å². The standard InChI is InChI=1S/C11H14N2O3/c14-13(15)9-6-7-11(12-8-9)16-10-4-2-1-3-5-10/h6-8,10H,1-5H2. The summed E-state index contributed by atoms with van der Waals surface area (Å²) in [5.41, 5.74) is -0.00371. The summed E-state index contributed by atoms with van der Waals surface area (Å²) in [4.78, 5) is 13.9. The first-order valence-corrected chi connectivity index (χ1v) is 5.53. The molecule has 0 aliphatic heterocycles. The van der Waals surface area contributed by atoms with Crippen LogP contribution in [0.2, 0.25) is 0 Å². The smallest absolute Gasteiger partial charge is 0.287 e. The van der Waals surface area contributed by atoms with Gasteiger partial charge >= 0.3 is 0 Å². The Morgan fingerprint density at radius 2 is 2.06 bits per heavy atom. The minimum Gasteiger partial charge on any atom is -0.474 e. The molecule has 0 aromatic carbocycles. The number of rotatable bonds is 3. The Balaban J connectivity index is 1.96. The van der Waals surface area contributed by atoms with E-state index in [4.69, 9.17) is 4.74 Å². The summed E-state index contributed by atoms with van der Waals surface area (Å²) >= 11 is 0. The predicted molar refractivity (Wildman–Crippen MR) is 58.4 cm³/mol. The van der Waals surface area contributed by atoms with Crippen molar-refractivity contribution in [2.45, 2.75) is 38.2 Å². The average Bonchev–Trinajstić information content (AvgIpc) is 2.31. The molecule has 0 bridgehead atoms. The molecule has 1 aromatic rings. The molecule has 1 saturated carbocycles. The Morgan fingerprint density at radius 3 is 2.62 bits per heavy atom. The number of hydrogen-bond donors (Lipinski definition) is 0. The van der Waals surface area contributed by atoms with Crippen molar-refractivity contribution in [1.82, 2.24) is 4.98 Å². The molecule has 0 atom stereocenters. The van der Waals surface area contributed by atoms with Crippen LogP contribution in [0.1, 0.15) is 32.1 Å². The van der Waals surface area contributed by atoms with E-state index < -0.39 is 4.92 Å². The molecule has 0 radical (unpaired) electrons. The lowest BCUT2D eigenvalue weighted by Gasteiger charge is -2.22. The van der Waals surface area contributed by atoms with Gasteiger partial charge in [0.25, 0.3) is 5.69 Å². The van der Waals surface area contributed by atoms with Gasteiger partial charge in [0.05, 0.1) is 4.92 Å². The van der Waals surface area contributed by atoms with Gasteiger partial charge in [-0.05, 0) is 25.7 Å². The third-order valence-corrected chi connectivity index (χ3v) is 2.77. The van der Waals surface area contributed by atoms with Gasteiger partial charge in [-0.15, -0.1) is 0 Å². The third kappa shape index (κ3) is 2.68. The zero-order valence-corrected chi connectivity index (χ0v) is 8.96. The maximum Gasteiger partial charge on any atom is 0.287 e. The number of nitro groups is 1. The summed E-state index contributed by atoms with van der Waals surface area (Å²) < 4.78 is 5.66. The summed E-state index contributed by atoms with van der Waals surface area (Å²) in [6, 6.07) is 2.98. The molecule has 0 amide bonds. The van der Waals surface area contributed by atoms with Crippen molar-refractivity contribution in [3.05, 3.63) is 28.4 Å². The van der Waals surface area contributed by atoms with E-state index >= 15 is 0 Å². The Hall–Kier alpha value is -1.65. The summed E-state index contributed by atoms with van der Waals surface area (Å²) in [5.74, 6) is 0.484. The van der Waals surface area contributed by atoms with E-state index in [9.17, 15) is 10.1 Å². The maximum absolute atomic E-state index is 10.4. The number of aromatic nitrogens is 1. The van der Waals surface area contributed by atoms with Gasteiger partial charge in [-0.25, -0.2) is 4.98 Å². The van der Waals surface area contributed by atoms with Crippen LogP contribution < -0.4 is 4.74 Å². The van der Waals surface area contributed by atoms with Gasteiger partial charge in [-0.1, -0.05) is 6.42 Å². The molecule has 1 aromatic heterocycles. The first-order valence-electron chi connectivity index (χ1n) is 5.53. The molecular weight excluding hydrogens is 208 g/mol. The lowest BCUT2D eigenvalue weighted by molar-refractivity contribution is -0.385. The molecule has 2 rings (SSSR count). The molecule has 1 aliphatic carbocycles. The van der Waals surface area contributed by atoms with Crippen LogP contribution in [0.4, 0.5) is 5.69 Å². The fraction of sp³-hybridized carbons (Fsp3) is 0.545. The van der Waals surface area contributed by atoms with Crippen LogP contribution in [0.25, 0.3) is 0 Å². The van der Waals surface area contributed by atoms with Gasteiger partial charge in [-0.2, -0.15) is 0 Å². The average molecular weight is 222 g/mol. The summed E-state index contributed by atoms with van der Waals surface area (Å²) in [5, 5.41) is 10.4. The molecule has 16 heavy (non-hydrogen) atoms. The number of pyridine rings is 1. The largest absolute Gasteiger partial charge is 0.474 e. The topological polar surface area (TPSA) is 65.3 Å². The van der Waals surface area contributed by atoms with Crippen molar-refractivity contribution < 1.29 is 9.66 Å². The van der Waals surface area contributed by atoms with Crippen LogP contribution in [0, 0.1) is 10.1 Å². The lowest BCUT2D eigenvalue weighted by atomic mass is 9.98. The summed E-state index contributed by atoms with van der Waals surface area (Å²) in [7, 11) is 0. The van der Waals surface area contributed by atoms with E-state index in [1.54, 1.807) is 6.07 Å². The van der Waals surface area contributed by atoms with Crippen LogP contribution in [-0.2, 0) is 0 Å². The van der Waals surface area contributed by atoms with E-state index in [-0.39, 0.29) is 11.8 Å². The second kappa shape index (κ2) is 4.92. The minimum atomic E-state index is -0.461. The highest BCUT2D eigenvalue weighted by molar-refractivity contribution is 5.28. The molecular formula is C11H14N2O3. The normalized spacial score (nSPS) is 17.0. The van der Waals surface area contributed by atoms with Crippen molar-refractivity contribution in [3.8, 4) is 5.88 Å². The fourth-order valence-corrected chi connectivity index (χ4v) is 1.90. The number of hydrogen-bond acceptors (Lipinski definition) is 4. The Morgan fingerprint density at radius 1 is 1.31 bits per heavy atom. The zero-order valence-electron chi connectivity index (χ0n) is 8.96. The number of ether oxygens (including phenoxy) is 1. The Kier molecular flexibility index (Phi) is 3.34. The van der Waals surface area contributed by atoms with Crippen molar-refractivity contribution in [2.75, 3.05) is 0 Å². The summed E-state index contributed by atoms with van der Waals surface area (Å²) in [6.07, 6.45) is 7.22. The van der Waals surface area contributed by atoms with Crippen LogP contribution in [0.5, 0.6) is 5.88 Å². The highest BCUT2D eigenvalue weighted by Gasteiger charge is 2.15. The van der Waals surface area contributed by atoms with Gasteiger partial charge < -0.3 is 4.74 Å². The molecule has 5 nitrogen and oxygen atoms in total. The first kappa shape index (κ1) is 10.9. The van der Waals surface area contributed by atoms with Crippen LogP contribution in [0.3, 0.4) is 0 Å². The van der Waals surface area contributed by atoms with E-state index in [0.29, 0.717) is 5.88 Å². The van der Waals surface area contributed by atoms with E-state index in [1.165, 1.54) is 31.5 Å². The van der Waals surface area contributed by atoms with E-state index in [1.807, 2.05) is 0 Å². The Bertz CT molecular complexity index is 358. The molecule has 1 fully saturated rings. The predicted octanol–water partition coefficient (Wildman–Crippen LogP) is 2.70. The molecule has 5 heteroatoms. The molecule has 0 unspecified atom stereocenters. The highest BCUT2D eigenvalue weighted by Crippen LogP contribution is 2.22. The second-order valence-corrected chi connectivity index (χ2v) is 3.99. The van der Waals surface area contributed by atoms with Crippen LogP contribution in [0.15, 0.2) is 18.3 Å². The highest BCUT2D eigenvalue weighted by atomic mass is 16.6. The minimum absolute atomic E-state index is 0.00371. The number of nitrogens with zero attached hydrogens (tertiary/aromatic N) is 2. The van der Waals surface area contributed by atoms with Gasteiger partial charge in [0.2, 0.25) is 5.88 Å². The van der Waals surface area contributed by atoms with Crippen molar-refractivity contribution >= 4 is 5.69 Å². The van der Waals surface area contributed by atoms with Crippen LogP contribution in [-0.4, -0.2) is 16.0 Å². The maximum atomic E-state index is 10.4.